The lowest BCUT2D eigenvalue weighted by Gasteiger charge is -2.13. The molecule has 0 heterocycles. The molecule has 0 aliphatic carbocycles. The summed E-state index contributed by atoms with van der Waals surface area (Å²) in [5.41, 5.74) is 4.88. The first-order chi connectivity index (χ1) is 13.3. The molecular formula is C26H17Cl. The number of hydrogen-bond acceptors (Lipinski definition) is 0. The normalized spacial score (nSPS) is 11.1. The lowest BCUT2D eigenvalue weighted by Crippen LogP contribution is -1.86. The Hall–Kier alpha value is -3.09. The molecule has 0 aromatic heterocycles. The summed E-state index contributed by atoms with van der Waals surface area (Å²) in [4.78, 5) is 0. The third-order valence-corrected chi connectivity index (χ3v) is 5.34. The van der Waals surface area contributed by atoms with Crippen molar-refractivity contribution in [2.24, 2.45) is 0 Å². The van der Waals surface area contributed by atoms with Crippen LogP contribution in [0.15, 0.2) is 103 Å². The molecule has 0 N–H and O–H groups in total. The predicted octanol–water partition coefficient (Wildman–Crippen LogP) is 7.98. The minimum absolute atomic E-state index is 0.764. The molecule has 0 fully saturated rings. The van der Waals surface area contributed by atoms with Crippen LogP contribution in [0.25, 0.3) is 43.8 Å². The van der Waals surface area contributed by atoms with Crippen LogP contribution in [0.4, 0.5) is 0 Å². The van der Waals surface area contributed by atoms with Gasteiger partial charge in [0.2, 0.25) is 0 Å². The van der Waals surface area contributed by atoms with E-state index >= 15 is 0 Å². The molecule has 0 aliphatic heterocycles. The molecule has 5 rings (SSSR count). The van der Waals surface area contributed by atoms with Crippen LogP contribution in [0.3, 0.4) is 0 Å². The van der Waals surface area contributed by atoms with Gasteiger partial charge < -0.3 is 0 Å². The van der Waals surface area contributed by atoms with Gasteiger partial charge in [-0.05, 0) is 68.1 Å². The average Bonchev–Trinajstić information content (AvgIpc) is 2.74. The van der Waals surface area contributed by atoms with Gasteiger partial charge in [-0.1, -0.05) is 90.5 Å². The first kappa shape index (κ1) is 16.1. The summed E-state index contributed by atoms with van der Waals surface area (Å²) in [6.45, 7) is 0. The second-order valence-electron chi connectivity index (χ2n) is 6.78. The molecule has 0 spiro atoms. The highest BCUT2D eigenvalue weighted by Crippen LogP contribution is 2.37. The molecule has 1 heteroatoms. The average molecular weight is 365 g/mol. The summed E-state index contributed by atoms with van der Waals surface area (Å²) < 4.78 is 0. The van der Waals surface area contributed by atoms with E-state index in [4.69, 9.17) is 11.6 Å². The third kappa shape index (κ3) is 2.89. The van der Waals surface area contributed by atoms with E-state index in [1.54, 1.807) is 0 Å². The lowest BCUT2D eigenvalue weighted by atomic mass is 9.91. The fraction of sp³-hybridized carbons (Fsp3) is 0. The van der Waals surface area contributed by atoms with E-state index < -0.39 is 0 Å². The molecule has 0 nitrogen and oxygen atoms in total. The van der Waals surface area contributed by atoms with Crippen LogP contribution in [0.2, 0.25) is 5.02 Å². The van der Waals surface area contributed by atoms with E-state index in [0.29, 0.717) is 0 Å². The van der Waals surface area contributed by atoms with Crippen molar-refractivity contribution in [2.45, 2.75) is 0 Å². The fourth-order valence-electron chi connectivity index (χ4n) is 3.80. The highest BCUT2D eigenvalue weighted by Gasteiger charge is 2.10. The zero-order valence-electron chi connectivity index (χ0n) is 14.7. The van der Waals surface area contributed by atoms with Crippen LogP contribution in [0.5, 0.6) is 0 Å². The molecular weight excluding hydrogens is 348 g/mol. The molecule has 5 aromatic rings. The molecule has 0 saturated carbocycles. The highest BCUT2D eigenvalue weighted by molar-refractivity contribution is 6.32. The molecule has 128 valence electrons. The molecule has 0 radical (unpaired) electrons. The van der Waals surface area contributed by atoms with Crippen LogP contribution < -0.4 is 0 Å². The number of hydrogen-bond donors (Lipinski definition) is 0. The van der Waals surface area contributed by atoms with Crippen molar-refractivity contribution in [2.75, 3.05) is 0 Å². The Bertz CT molecular complexity index is 1260. The first-order valence-electron chi connectivity index (χ1n) is 9.06. The standard InChI is InChI=1S/C26H17Cl/c27-22-12-14-24-23-13-11-20(18-7-3-1-4-8-18)15-21(23)16-25(26(24)17-22)19-9-5-2-6-10-19/h1-17H. The van der Waals surface area contributed by atoms with Crippen LogP contribution >= 0.6 is 11.6 Å². The van der Waals surface area contributed by atoms with Gasteiger partial charge in [-0.15, -0.1) is 0 Å². The summed E-state index contributed by atoms with van der Waals surface area (Å²) in [5, 5.41) is 5.68. The van der Waals surface area contributed by atoms with Crippen molar-refractivity contribution < 1.29 is 0 Å². The van der Waals surface area contributed by atoms with Gasteiger partial charge in [0.15, 0.2) is 0 Å². The molecule has 27 heavy (non-hydrogen) atoms. The molecule has 0 unspecified atom stereocenters. The molecule has 0 bridgehead atoms. The molecule has 0 saturated heterocycles. The minimum atomic E-state index is 0.764. The Balaban J connectivity index is 1.85. The van der Waals surface area contributed by atoms with Gasteiger partial charge in [-0.3, -0.25) is 0 Å². The van der Waals surface area contributed by atoms with Crippen molar-refractivity contribution in [3.63, 3.8) is 0 Å². The lowest BCUT2D eigenvalue weighted by molar-refractivity contribution is 1.64. The molecule has 0 atom stereocenters. The largest absolute Gasteiger partial charge is 0.0843 e. The smallest absolute Gasteiger partial charge is 0.0412 e. The highest BCUT2D eigenvalue weighted by atomic mass is 35.5. The number of fused-ring (bicyclic) bond motifs is 3. The SMILES string of the molecule is Clc1ccc2c(c1)c(-c1ccccc1)cc1cc(-c3ccccc3)ccc12. The van der Waals surface area contributed by atoms with E-state index in [2.05, 4.69) is 91.0 Å². The zero-order chi connectivity index (χ0) is 18.2. The molecule has 5 aromatic carbocycles. The molecule has 0 aliphatic rings. The van der Waals surface area contributed by atoms with Gasteiger partial charge in [0, 0.05) is 5.02 Å². The van der Waals surface area contributed by atoms with E-state index in [-0.39, 0.29) is 0 Å². The summed E-state index contributed by atoms with van der Waals surface area (Å²) >= 11 is 6.33. The van der Waals surface area contributed by atoms with E-state index in [0.717, 1.165) is 5.02 Å². The van der Waals surface area contributed by atoms with Gasteiger partial charge >= 0.3 is 0 Å². The third-order valence-electron chi connectivity index (χ3n) is 5.11. The van der Waals surface area contributed by atoms with E-state index in [9.17, 15) is 0 Å². The number of halogens is 1. The van der Waals surface area contributed by atoms with Crippen molar-refractivity contribution >= 4 is 33.1 Å². The monoisotopic (exact) mass is 364 g/mol. The van der Waals surface area contributed by atoms with Crippen molar-refractivity contribution in [1.82, 2.24) is 0 Å². The van der Waals surface area contributed by atoms with Crippen LogP contribution in [-0.2, 0) is 0 Å². The summed E-state index contributed by atoms with van der Waals surface area (Å²) in [5.74, 6) is 0. The van der Waals surface area contributed by atoms with Crippen molar-refractivity contribution in [3.8, 4) is 22.3 Å². The van der Waals surface area contributed by atoms with E-state index in [1.807, 2.05) is 12.1 Å². The second kappa shape index (κ2) is 6.57. The maximum absolute atomic E-state index is 6.33. The summed E-state index contributed by atoms with van der Waals surface area (Å²) in [6, 6.07) is 36.2. The van der Waals surface area contributed by atoms with Gasteiger partial charge in [0.05, 0.1) is 0 Å². The van der Waals surface area contributed by atoms with Crippen molar-refractivity contribution in [3.05, 3.63) is 108 Å². The zero-order valence-corrected chi connectivity index (χ0v) is 15.4. The Morgan fingerprint density at radius 2 is 1.11 bits per heavy atom. The van der Waals surface area contributed by atoms with Crippen molar-refractivity contribution in [1.29, 1.82) is 0 Å². The quantitative estimate of drug-likeness (QED) is 0.278. The van der Waals surface area contributed by atoms with Crippen LogP contribution in [0, 0.1) is 0 Å². The summed E-state index contributed by atoms with van der Waals surface area (Å²) in [7, 11) is 0. The van der Waals surface area contributed by atoms with E-state index in [1.165, 1.54) is 43.8 Å². The Labute approximate surface area is 163 Å². The Morgan fingerprint density at radius 3 is 1.85 bits per heavy atom. The molecule has 0 amide bonds. The number of benzene rings is 5. The fourth-order valence-corrected chi connectivity index (χ4v) is 3.97. The van der Waals surface area contributed by atoms with Gasteiger partial charge in [-0.2, -0.15) is 0 Å². The number of rotatable bonds is 2. The maximum Gasteiger partial charge on any atom is 0.0412 e. The van der Waals surface area contributed by atoms with Gasteiger partial charge in [0.1, 0.15) is 0 Å². The topological polar surface area (TPSA) is 0 Å². The Morgan fingerprint density at radius 1 is 0.444 bits per heavy atom. The minimum Gasteiger partial charge on any atom is -0.0843 e. The maximum atomic E-state index is 6.33. The first-order valence-corrected chi connectivity index (χ1v) is 9.44. The second-order valence-corrected chi connectivity index (χ2v) is 7.22. The van der Waals surface area contributed by atoms with Crippen LogP contribution in [0.1, 0.15) is 0 Å². The van der Waals surface area contributed by atoms with Gasteiger partial charge in [-0.25, -0.2) is 0 Å². The summed E-state index contributed by atoms with van der Waals surface area (Å²) in [6.07, 6.45) is 0. The predicted molar refractivity (Wildman–Crippen MR) is 117 cm³/mol. The van der Waals surface area contributed by atoms with Gasteiger partial charge in [0.25, 0.3) is 0 Å². The van der Waals surface area contributed by atoms with Crippen LogP contribution in [-0.4, -0.2) is 0 Å². The Kier molecular flexibility index (Phi) is 3.92.